The second-order valence-corrected chi connectivity index (χ2v) is 6.98. The Morgan fingerprint density at radius 3 is 2.48 bits per heavy atom. The molecule has 0 aliphatic heterocycles. The van der Waals surface area contributed by atoms with Crippen LogP contribution in [0.25, 0.3) is 0 Å². The SMILES string of the molecule is CCS(=O)(=O)c1ccccc1NCc1cccc(CO)c1. The smallest absolute Gasteiger partial charge is 0.180 e. The lowest BCUT2D eigenvalue weighted by atomic mass is 10.1. The molecule has 2 N–H and O–H groups in total. The Morgan fingerprint density at radius 1 is 1.05 bits per heavy atom. The maximum Gasteiger partial charge on any atom is 0.180 e. The summed E-state index contributed by atoms with van der Waals surface area (Å²) in [6.45, 7) is 2.13. The van der Waals surface area contributed by atoms with Gasteiger partial charge in [0.1, 0.15) is 0 Å². The van der Waals surface area contributed by atoms with Gasteiger partial charge in [0.25, 0.3) is 0 Å². The second kappa shape index (κ2) is 6.74. The van der Waals surface area contributed by atoms with E-state index in [4.69, 9.17) is 5.11 Å². The van der Waals surface area contributed by atoms with E-state index in [2.05, 4.69) is 5.32 Å². The van der Waals surface area contributed by atoms with Gasteiger partial charge in [0, 0.05) is 6.54 Å². The summed E-state index contributed by atoms with van der Waals surface area (Å²) in [5, 5.41) is 12.3. The number of rotatable bonds is 6. The molecule has 0 aromatic heterocycles. The third-order valence-corrected chi connectivity index (χ3v) is 5.05. The number of hydrogen-bond donors (Lipinski definition) is 2. The fraction of sp³-hybridized carbons (Fsp3) is 0.250. The van der Waals surface area contributed by atoms with Crippen molar-refractivity contribution in [1.29, 1.82) is 0 Å². The van der Waals surface area contributed by atoms with Crippen LogP contribution in [0.4, 0.5) is 5.69 Å². The molecule has 2 rings (SSSR count). The monoisotopic (exact) mass is 305 g/mol. The van der Waals surface area contributed by atoms with E-state index in [9.17, 15) is 8.42 Å². The van der Waals surface area contributed by atoms with Crippen LogP contribution in [-0.2, 0) is 23.0 Å². The van der Waals surface area contributed by atoms with E-state index < -0.39 is 9.84 Å². The van der Waals surface area contributed by atoms with Crippen molar-refractivity contribution in [3.05, 3.63) is 59.7 Å². The number of para-hydroxylation sites is 1. The highest BCUT2D eigenvalue weighted by molar-refractivity contribution is 7.91. The van der Waals surface area contributed by atoms with E-state index in [1.54, 1.807) is 31.2 Å². The second-order valence-electron chi connectivity index (χ2n) is 4.73. The Balaban J connectivity index is 2.21. The van der Waals surface area contributed by atoms with Gasteiger partial charge in [-0.25, -0.2) is 8.42 Å². The quantitative estimate of drug-likeness (QED) is 0.861. The first kappa shape index (κ1) is 15.5. The van der Waals surface area contributed by atoms with Gasteiger partial charge >= 0.3 is 0 Å². The maximum absolute atomic E-state index is 12.1. The number of benzene rings is 2. The molecule has 4 nitrogen and oxygen atoms in total. The van der Waals surface area contributed by atoms with Gasteiger partial charge in [-0.15, -0.1) is 0 Å². The Labute approximate surface area is 125 Å². The number of hydrogen-bond acceptors (Lipinski definition) is 4. The van der Waals surface area contributed by atoms with Crippen molar-refractivity contribution in [2.24, 2.45) is 0 Å². The summed E-state index contributed by atoms with van der Waals surface area (Å²) >= 11 is 0. The minimum atomic E-state index is -3.25. The molecule has 0 bridgehead atoms. The van der Waals surface area contributed by atoms with Crippen LogP contribution >= 0.6 is 0 Å². The summed E-state index contributed by atoms with van der Waals surface area (Å²) < 4.78 is 24.1. The lowest BCUT2D eigenvalue weighted by Gasteiger charge is -2.12. The fourth-order valence-electron chi connectivity index (χ4n) is 2.07. The highest BCUT2D eigenvalue weighted by atomic mass is 32.2. The third-order valence-electron chi connectivity index (χ3n) is 3.26. The van der Waals surface area contributed by atoms with Crippen molar-refractivity contribution in [3.63, 3.8) is 0 Å². The van der Waals surface area contributed by atoms with Crippen molar-refractivity contribution in [2.45, 2.75) is 25.0 Å². The van der Waals surface area contributed by atoms with Crippen LogP contribution in [0.2, 0.25) is 0 Å². The van der Waals surface area contributed by atoms with E-state index in [-0.39, 0.29) is 12.4 Å². The summed E-state index contributed by atoms with van der Waals surface area (Å²) in [6, 6.07) is 14.5. The molecule has 0 fully saturated rings. The zero-order valence-electron chi connectivity index (χ0n) is 11.9. The molecule has 0 unspecified atom stereocenters. The fourth-order valence-corrected chi connectivity index (χ4v) is 3.15. The molecule has 0 atom stereocenters. The average molecular weight is 305 g/mol. The van der Waals surface area contributed by atoms with Gasteiger partial charge in [0.2, 0.25) is 0 Å². The van der Waals surface area contributed by atoms with E-state index in [0.717, 1.165) is 11.1 Å². The first-order valence-electron chi connectivity index (χ1n) is 6.81. The molecule has 2 aromatic carbocycles. The molecule has 0 saturated carbocycles. The predicted octanol–water partition coefficient (Wildman–Crippen LogP) is 2.58. The molecule has 0 heterocycles. The molecule has 0 radical (unpaired) electrons. The normalized spacial score (nSPS) is 11.3. The summed E-state index contributed by atoms with van der Waals surface area (Å²) in [6.07, 6.45) is 0. The maximum atomic E-state index is 12.1. The predicted molar refractivity (Wildman–Crippen MR) is 83.9 cm³/mol. The zero-order chi connectivity index (χ0) is 15.3. The van der Waals surface area contributed by atoms with Gasteiger partial charge in [-0.1, -0.05) is 43.3 Å². The molecular formula is C16H19NO3S. The summed E-state index contributed by atoms with van der Waals surface area (Å²) in [4.78, 5) is 0.325. The molecule has 0 aliphatic carbocycles. The van der Waals surface area contributed by atoms with Crippen molar-refractivity contribution in [3.8, 4) is 0 Å². The van der Waals surface area contributed by atoms with E-state index >= 15 is 0 Å². The van der Waals surface area contributed by atoms with Crippen molar-refractivity contribution < 1.29 is 13.5 Å². The van der Waals surface area contributed by atoms with Gasteiger partial charge in [-0.3, -0.25) is 0 Å². The van der Waals surface area contributed by atoms with Crippen molar-refractivity contribution in [1.82, 2.24) is 0 Å². The molecular weight excluding hydrogens is 286 g/mol. The summed E-state index contributed by atoms with van der Waals surface area (Å²) in [5.41, 5.74) is 2.43. The van der Waals surface area contributed by atoms with Gasteiger partial charge in [0.15, 0.2) is 9.84 Å². The zero-order valence-corrected chi connectivity index (χ0v) is 12.7. The molecule has 0 spiro atoms. The first-order valence-corrected chi connectivity index (χ1v) is 8.46. The Kier molecular flexibility index (Phi) is 4.98. The molecule has 0 saturated heterocycles. The first-order chi connectivity index (χ1) is 10.1. The van der Waals surface area contributed by atoms with E-state index in [0.29, 0.717) is 17.1 Å². The van der Waals surface area contributed by atoms with Crippen LogP contribution in [0.3, 0.4) is 0 Å². The summed E-state index contributed by atoms with van der Waals surface area (Å²) in [5.74, 6) is 0.0751. The molecule has 0 aliphatic rings. The lowest BCUT2D eigenvalue weighted by molar-refractivity contribution is 0.281. The van der Waals surface area contributed by atoms with Gasteiger partial charge in [-0.2, -0.15) is 0 Å². The molecule has 0 amide bonds. The standard InChI is InChI=1S/C16H19NO3S/c1-2-21(19,20)16-9-4-3-8-15(16)17-11-13-6-5-7-14(10-13)12-18/h3-10,17-18H,2,11-12H2,1H3. The molecule has 112 valence electrons. The number of anilines is 1. The largest absolute Gasteiger partial charge is 0.392 e. The highest BCUT2D eigenvalue weighted by Gasteiger charge is 2.15. The van der Waals surface area contributed by atoms with E-state index in [1.807, 2.05) is 24.3 Å². The summed E-state index contributed by atoms with van der Waals surface area (Å²) in [7, 11) is -3.25. The van der Waals surface area contributed by atoms with Crippen molar-refractivity contribution in [2.75, 3.05) is 11.1 Å². The Bertz CT molecular complexity index is 711. The van der Waals surface area contributed by atoms with Crippen LogP contribution < -0.4 is 5.32 Å². The Morgan fingerprint density at radius 2 is 1.76 bits per heavy atom. The van der Waals surface area contributed by atoms with Gasteiger partial charge < -0.3 is 10.4 Å². The minimum Gasteiger partial charge on any atom is -0.392 e. The van der Waals surface area contributed by atoms with Crippen LogP contribution in [0.1, 0.15) is 18.1 Å². The van der Waals surface area contributed by atoms with Crippen LogP contribution in [0.15, 0.2) is 53.4 Å². The number of nitrogens with one attached hydrogen (secondary N) is 1. The Hall–Kier alpha value is -1.85. The van der Waals surface area contributed by atoms with Gasteiger partial charge in [-0.05, 0) is 23.3 Å². The number of sulfone groups is 1. The van der Waals surface area contributed by atoms with Gasteiger partial charge in [0.05, 0.1) is 22.9 Å². The third kappa shape index (κ3) is 3.83. The van der Waals surface area contributed by atoms with Crippen LogP contribution in [-0.4, -0.2) is 19.3 Å². The average Bonchev–Trinajstić information content (AvgIpc) is 2.53. The van der Waals surface area contributed by atoms with E-state index in [1.165, 1.54) is 0 Å². The lowest BCUT2D eigenvalue weighted by Crippen LogP contribution is -2.09. The van der Waals surface area contributed by atoms with Crippen molar-refractivity contribution >= 4 is 15.5 Å². The van der Waals surface area contributed by atoms with Crippen LogP contribution in [0, 0.1) is 0 Å². The topological polar surface area (TPSA) is 66.4 Å². The number of aliphatic hydroxyl groups excluding tert-OH is 1. The molecule has 2 aromatic rings. The van der Waals surface area contributed by atoms with Crippen LogP contribution in [0.5, 0.6) is 0 Å². The number of aliphatic hydroxyl groups is 1. The molecule has 5 heteroatoms. The molecule has 21 heavy (non-hydrogen) atoms. The minimum absolute atomic E-state index is 0.00532. The highest BCUT2D eigenvalue weighted by Crippen LogP contribution is 2.22.